The van der Waals surface area contributed by atoms with Crippen LogP contribution in [0.25, 0.3) is 0 Å². The van der Waals surface area contributed by atoms with Crippen molar-refractivity contribution in [2.75, 3.05) is 13.1 Å². The first-order valence-corrected chi connectivity index (χ1v) is 6.68. The second-order valence-corrected chi connectivity index (χ2v) is 4.49. The Hall–Kier alpha value is -2.69. The van der Waals surface area contributed by atoms with Crippen molar-refractivity contribution in [2.24, 2.45) is 0 Å². The first kappa shape index (κ1) is 18.4. The molecule has 0 radical (unpaired) electrons. The summed E-state index contributed by atoms with van der Waals surface area (Å²) in [5, 5.41) is 13.2. The number of rotatable bonds is 5. The summed E-state index contributed by atoms with van der Waals surface area (Å²) in [6.07, 6.45) is -4.17. The van der Waals surface area contributed by atoms with Crippen LogP contribution in [0.5, 0.6) is 0 Å². The fraction of sp³-hybridized carbons (Fsp3) is 0.333. The van der Waals surface area contributed by atoms with E-state index in [4.69, 9.17) is 5.11 Å². The van der Waals surface area contributed by atoms with Crippen LogP contribution < -0.4 is 10.6 Å². The molecule has 0 aliphatic carbocycles. The van der Waals surface area contributed by atoms with Gasteiger partial charge in [0.15, 0.2) is 0 Å². The largest absolute Gasteiger partial charge is 0.481 e. The summed E-state index contributed by atoms with van der Waals surface area (Å²) < 4.78 is 37.5. The number of benzene rings is 1. The Balaban J connectivity index is 2.38. The highest BCUT2D eigenvalue weighted by atomic mass is 19.4. The van der Waals surface area contributed by atoms with Crippen LogP contribution in [-0.4, -0.2) is 30.2 Å². The molecule has 0 spiro atoms. The van der Waals surface area contributed by atoms with Gasteiger partial charge in [-0.2, -0.15) is 13.2 Å². The van der Waals surface area contributed by atoms with Gasteiger partial charge in [0.05, 0.1) is 12.1 Å². The molecule has 0 bridgehead atoms. The van der Waals surface area contributed by atoms with Crippen LogP contribution >= 0.6 is 0 Å². The van der Waals surface area contributed by atoms with Crippen LogP contribution in [0.1, 0.15) is 24.0 Å². The predicted molar refractivity (Wildman–Crippen MR) is 76.6 cm³/mol. The SMILES string of the molecule is O=C(O)CCCNC(=O)NCC#Cc1cccc(C(F)(F)F)c1. The van der Waals surface area contributed by atoms with E-state index in [-0.39, 0.29) is 25.1 Å². The normalized spacial score (nSPS) is 10.4. The van der Waals surface area contributed by atoms with Crippen molar-refractivity contribution >= 4 is 12.0 Å². The van der Waals surface area contributed by atoms with E-state index in [0.717, 1.165) is 12.1 Å². The molecule has 3 N–H and O–H groups in total. The third-order valence-electron chi connectivity index (χ3n) is 2.61. The van der Waals surface area contributed by atoms with Gasteiger partial charge in [-0.05, 0) is 24.6 Å². The van der Waals surface area contributed by atoms with E-state index in [1.54, 1.807) is 0 Å². The number of carboxylic acids is 1. The summed E-state index contributed by atoms with van der Waals surface area (Å²) >= 11 is 0. The van der Waals surface area contributed by atoms with Crippen molar-refractivity contribution < 1.29 is 27.9 Å². The van der Waals surface area contributed by atoms with Crippen LogP contribution in [0.15, 0.2) is 24.3 Å². The van der Waals surface area contributed by atoms with E-state index in [1.807, 2.05) is 0 Å². The monoisotopic (exact) mass is 328 g/mol. The van der Waals surface area contributed by atoms with Crippen LogP contribution in [0.2, 0.25) is 0 Å². The van der Waals surface area contributed by atoms with Crippen LogP contribution in [0, 0.1) is 11.8 Å². The fourth-order valence-electron chi connectivity index (χ4n) is 1.55. The molecule has 0 fully saturated rings. The molecule has 1 aromatic carbocycles. The molecule has 1 aromatic rings. The highest BCUT2D eigenvalue weighted by Crippen LogP contribution is 2.29. The van der Waals surface area contributed by atoms with Crippen LogP contribution in [0.3, 0.4) is 0 Å². The third kappa shape index (κ3) is 7.76. The maximum absolute atomic E-state index is 12.5. The Morgan fingerprint density at radius 1 is 1.22 bits per heavy atom. The average molecular weight is 328 g/mol. The Bertz CT molecular complexity index is 618. The molecule has 0 aliphatic heterocycles. The van der Waals surface area contributed by atoms with E-state index in [1.165, 1.54) is 12.1 Å². The molecule has 0 aromatic heterocycles. The zero-order valence-corrected chi connectivity index (χ0v) is 12.0. The maximum Gasteiger partial charge on any atom is 0.416 e. The number of urea groups is 1. The highest BCUT2D eigenvalue weighted by Gasteiger charge is 2.30. The number of carboxylic acid groups (broad SMARTS) is 1. The van der Waals surface area contributed by atoms with E-state index in [9.17, 15) is 22.8 Å². The van der Waals surface area contributed by atoms with Crippen molar-refractivity contribution in [2.45, 2.75) is 19.0 Å². The Morgan fingerprint density at radius 2 is 1.96 bits per heavy atom. The van der Waals surface area contributed by atoms with Crippen LogP contribution in [-0.2, 0) is 11.0 Å². The summed E-state index contributed by atoms with van der Waals surface area (Å²) in [7, 11) is 0. The summed E-state index contributed by atoms with van der Waals surface area (Å²) in [4.78, 5) is 21.6. The molecule has 0 saturated heterocycles. The summed E-state index contributed by atoms with van der Waals surface area (Å²) in [5.41, 5.74) is -0.586. The quantitative estimate of drug-likeness (QED) is 0.573. The van der Waals surface area contributed by atoms with E-state index in [2.05, 4.69) is 22.5 Å². The molecule has 8 heteroatoms. The van der Waals surface area contributed by atoms with Gasteiger partial charge in [0.2, 0.25) is 0 Å². The summed E-state index contributed by atoms with van der Waals surface area (Å²) in [6, 6.07) is 4.06. The maximum atomic E-state index is 12.5. The lowest BCUT2D eigenvalue weighted by atomic mass is 10.1. The number of nitrogens with one attached hydrogen (secondary N) is 2. The van der Waals surface area contributed by atoms with Gasteiger partial charge in [-0.25, -0.2) is 4.79 Å². The molecule has 2 amide bonds. The van der Waals surface area contributed by atoms with Gasteiger partial charge in [0.1, 0.15) is 0 Å². The van der Waals surface area contributed by atoms with Crippen LogP contribution in [0.4, 0.5) is 18.0 Å². The second-order valence-electron chi connectivity index (χ2n) is 4.49. The Morgan fingerprint density at radius 3 is 2.61 bits per heavy atom. The minimum absolute atomic E-state index is 0.0407. The van der Waals surface area contributed by atoms with Crippen molar-refractivity contribution in [3.63, 3.8) is 0 Å². The zero-order chi connectivity index (χ0) is 17.3. The zero-order valence-electron chi connectivity index (χ0n) is 12.0. The van der Waals surface area contributed by atoms with Gasteiger partial charge in [-0.3, -0.25) is 4.79 Å². The lowest BCUT2D eigenvalue weighted by Crippen LogP contribution is -2.36. The number of hydrogen-bond donors (Lipinski definition) is 3. The second kappa shape index (κ2) is 8.68. The molecule has 0 heterocycles. The molecule has 124 valence electrons. The summed E-state index contributed by atoms with van der Waals surface area (Å²) in [6.45, 7) is 0.167. The number of carbonyl (C=O) groups is 2. The number of amides is 2. The minimum Gasteiger partial charge on any atom is -0.481 e. The number of carbonyl (C=O) groups excluding carboxylic acids is 1. The van der Waals surface area contributed by atoms with Gasteiger partial charge in [0.25, 0.3) is 0 Å². The van der Waals surface area contributed by atoms with E-state index in [0.29, 0.717) is 6.42 Å². The van der Waals surface area contributed by atoms with E-state index >= 15 is 0 Å². The molecular weight excluding hydrogens is 313 g/mol. The molecular formula is C15H15F3N2O3. The first-order chi connectivity index (χ1) is 10.8. The number of hydrogen-bond acceptors (Lipinski definition) is 2. The predicted octanol–water partition coefficient (Wildman–Crippen LogP) is 2.22. The minimum atomic E-state index is -4.42. The fourth-order valence-corrected chi connectivity index (χ4v) is 1.55. The smallest absolute Gasteiger partial charge is 0.416 e. The van der Waals surface area contributed by atoms with Gasteiger partial charge < -0.3 is 15.7 Å². The van der Waals surface area contributed by atoms with Gasteiger partial charge >= 0.3 is 18.2 Å². The number of alkyl halides is 3. The molecule has 5 nitrogen and oxygen atoms in total. The van der Waals surface area contributed by atoms with Gasteiger partial charge in [-0.15, -0.1) is 0 Å². The third-order valence-corrected chi connectivity index (χ3v) is 2.61. The topological polar surface area (TPSA) is 78.4 Å². The Labute approximate surface area is 130 Å². The molecule has 23 heavy (non-hydrogen) atoms. The Kier molecular flexibility index (Phi) is 6.93. The standard InChI is InChI=1S/C15H15F3N2O3/c16-15(17,18)12-6-1-4-11(10-12)5-2-8-19-14(23)20-9-3-7-13(21)22/h1,4,6,10H,3,7-9H2,(H,21,22)(H2,19,20,23). The lowest BCUT2D eigenvalue weighted by molar-refractivity contribution is -0.138. The molecule has 0 unspecified atom stereocenters. The number of halogens is 3. The van der Waals surface area contributed by atoms with Crippen molar-refractivity contribution in [1.82, 2.24) is 10.6 Å². The average Bonchev–Trinajstić information content (AvgIpc) is 2.47. The molecule has 1 rings (SSSR count). The molecule has 0 aliphatic rings. The highest BCUT2D eigenvalue weighted by molar-refractivity contribution is 5.74. The van der Waals surface area contributed by atoms with Crippen molar-refractivity contribution in [3.05, 3.63) is 35.4 Å². The van der Waals surface area contributed by atoms with Crippen molar-refractivity contribution in [3.8, 4) is 11.8 Å². The van der Waals surface area contributed by atoms with E-state index < -0.39 is 23.7 Å². The lowest BCUT2D eigenvalue weighted by Gasteiger charge is -2.06. The van der Waals surface area contributed by atoms with Gasteiger partial charge in [0, 0.05) is 18.5 Å². The molecule has 0 saturated carbocycles. The van der Waals surface area contributed by atoms with Crippen molar-refractivity contribution in [1.29, 1.82) is 0 Å². The number of aliphatic carboxylic acids is 1. The molecule has 0 atom stereocenters. The summed E-state index contributed by atoms with van der Waals surface area (Å²) in [5.74, 6) is 4.12. The van der Waals surface area contributed by atoms with Gasteiger partial charge in [-0.1, -0.05) is 17.9 Å². The first-order valence-electron chi connectivity index (χ1n) is 6.68.